The maximum Gasteiger partial charge on any atom is 0.264 e. The number of ether oxygens (including phenoxy) is 2. The predicted octanol–water partition coefficient (Wildman–Crippen LogP) is 5.44. The Labute approximate surface area is 241 Å². The number of aliphatic hydroxyl groups is 1. The van der Waals surface area contributed by atoms with Gasteiger partial charge in [0.2, 0.25) is 0 Å². The third-order valence-corrected chi connectivity index (χ3v) is 8.76. The van der Waals surface area contributed by atoms with Gasteiger partial charge in [-0.1, -0.05) is 67.6 Å². The lowest BCUT2D eigenvalue weighted by atomic mass is 9.90. The third kappa shape index (κ3) is 6.50. The van der Waals surface area contributed by atoms with E-state index >= 15 is 0 Å². The van der Waals surface area contributed by atoms with E-state index in [-0.39, 0.29) is 29.6 Å². The Morgan fingerprint density at radius 2 is 1.78 bits per heavy atom. The van der Waals surface area contributed by atoms with E-state index in [9.17, 15) is 13.5 Å². The van der Waals surface area contributed by atoms with Gasteiger partial charge in [-0.25, -0.2) is 8.42 Å². The highest BCUT2D eigenvalue weighted by Gasteiger charge is 2.38. The van der Waals surface area contributed by atoms with Gasteiger partial charge in [-0.2, -0.15) is 0 Å². The van der Waals surface area contributed by atoms with E-state index in [2.05, 4.69) is 28.1 Å². The summed E-state index contributed by atoms with van der Waals surface area (Å²) >= 11 is 0. The van der Waals surface area contributed by atoms with Crippen LogP contribution in [0.3, 0.4) is 0 Å². The number of benzene rings is 3. The highest BCUT2D eigenvalue weighted by Crippen LogP contribution is 2.42. The van der Waals surface area contributed by atoms with E-state index in [0.29, 0.717) is 29.9 Å². The lowest BCUT2D eigenvalue weighted by Gasteiger charge is -2.42. The molecule has 4 aromatic rings. The zero-order valence-electron chi connectivity index (χ0n) is 23.2. The molecule has 0 saturated carbocycles. The number of nitrogens with one attached hydrogen (secondary N) is 1. The van der Waals surface area contributed by atoms with E-state index < -0.39 is 16.3 Å². The molecule has 1 unspecified atom stereocenters. The van der Waals surface area contributed by atoms with Gasteiger partial charge in [-0.3, -0.25) is 9.71 Å². The van der Waals surface area contributed by atoms with Crippen LogP contribution in [0.5, 0.6) is 0 Å². The Morgan fingerprint density at radius 1 is 1.02 bits per heavy atom. The summed E-state index contributed by atoms with van der Waals surface area (Å²) < 4.78 is 42.6. The molecule has 1 aliphatic rings. The molecule has 0 bridgehead atoms. The summed E-state index contributed by atoms with van der Waals surface area (Å²) in [6, 6.07) is 23.5. The summed E-state index contributed by atoms with van der Waals surface area (Å²) in [7, 11) is -1.90. The Bertz CT molecular complexity index is 1600. The van der Waals surface area contributed by atoms with Gasteiger partial charge in [0, 0.05) is 41.8 Å². The topological polar surface area (TPSA) is 101 Å². The molecule has 1 fully saturated rings. The lowest BCUT2D eigenvalue weighted by Crippen LogP contribution is -2.43. The van der Waals surface area contributed by atoms with Crippen molar-refractivity contribution in [3.63, 3.8) is 0 Å². The molecule has 0 aliphatic carbocycles. The van der Waals surface area contributed by atoms with Crippen molar-refractivity contribution in [3.8, 4) is 0 Å². The molecule has 1 aromatic heterocycles. The number of rotatable bonds is 10. The first-order valence-corrected chi connectivity index (χ1v) is 15.0. The third-order valence-electron chi connectivity index (χ3n) is 7.35. The molecular weight excluding hydrogens is 538 g/mol. The van der Waals surface area contributed by atoms with Gasteiger partial charge in [0.1, 0.15) is 4.90 Å². The Kier molecular flexibility index (Phi) is 8.82. The van der Waals surface area contributed by atoms with E-state index in [4.69, 9.17) is 9.47 Å². The number of sulfonamides is 1. The highest BCUT2D eigenvalue weighted by atomic mass is 32.2. The SMILES string of the molecule is C=CCN(C)C[C@H]1OC(c2cccc(NS(=O)(=O)c3cccc4cccnc34)c2)O[C@@H](c2ccc(CO)cc2)[C@H]1C. The second-order valence-corrected chi connectivity index (χ2v) is 12.0. The average molecular weight is 574 g/mol. The van der Waals surface area contributed by atoms with Crippen molar-refractivity contribution in [2.24, 2.45) is 5.92 Å². The second-order valence-electron chi connectivity index (χ2n) is 10.4. The van der Waals surface area contributed by atoms with Crippen molar-refractivity contribution in [1.29, 1.82) is 0 Å². The first-order chi connectivity index (χ1) is 19.8. The van der Waals surface area contributed by atoms with Crippen molar-refractivity contribution >= 4 is 26.6 Å². The minimum atomic E-state index is -3.92. The average Bonchev–Trinajstić information content (AvgIpc) is 2.98. The lowest BCUT2D eigenvalue weighted by molar-refractivity contribution is -0.275. The molecule has 1 aliphatic heterocycles. The molecule has 5 rings (SSSR count). The molecule has 41 heavy (non-hydrogen) atoms. The predicted molar refractivity (Wildman–Crippen MR) is 160 cm³/mol. The largest absolute Gasteiger partial charge is 0.392 e. The maximum atomic E-state index is 13.4. The Hall–Kier alpha value is -3.60. The summed E-state index contributed by atoms with van der Waals surface area (Å²) in [6.45, 7) is 7.30. The highest BCUT2D eigenvalue weighted by molar-refractivity contribution is 7.93. The monoisotopic (exact) mass is 573 g/mol. The van der Waals surface area contributed by atoms with Crippen LogP contribution in [0.2, 0.25) is 0 Å². The zero-order chi connectivity index (χ0) is 29.0. The number of hydrogen-bond acceptors (Lipinski definition) is 7. The number of nitrogens with zero attached hydrogens (tertiary/aromatic N) is 2. The van der Waals surface area contributed by atoms with Gasteiger partial charge in [0.05, 0.1) is 24.3 Å². The van der Waals surface area contributed by atoms with Crippen LogP contribution in [0.25, 0.3) is 10.9 Å². The molecule has 0 amide bonds. The fourth-order valence-electron chi connectivity index (χ4n) is 5.18. The van der Waals surface area contributed by atoms with Crippen LogP contribution in [0.15, 0.2) is 103 Å². The molecular formula is C32H35N3O5S. The Balaban J connectivity index is 1.43. The van der Waals surface area contributed by atoms with Crippen LogP contribution >= 0.6 is 0 Å². The fraction of sp³-hybridized carbons (Fsp3) is 0.281. The van der Waals surface area contributed by atoms with Gasteiger partial charge < -0.3 is 19.5 Å². The number of likely N-dealkylation sites (N-methyl/N-ethyl adjacent to an activating group) is 1. The van der Waals surface area contributed by atoms with Crippen LogP contribution in [0, 0.1) is 5.92 Å². The minimum Gasteiger partial charge on any atom is -0.392 e. The molecule has 3 aromatic carbocycles. The number of para-hydroxylation sites is 1. The maximum absolute atomic E-state index is 13.4. The molecule has 2 N–H and O–H groups in total. The molecule has 4 atom stereocenters. The zero-order valence-corrected chi connectivity index (χ0v) is 24.0. The summed E-state index contributed by atoms with van der Waals surface area (Å²) in [4.78, 5) is 6.55. The number of pyridine rings is 1. The van der Waals surface area contributed by atoms with Gasteiger partial charge >= 0.3 is 0 Å². The van der Waals surface area contributed by atoms with E-state index in [1.54, 1.807) is 42.6 Å². The molecule has 9 heteroatoms. The van der Waals surface area contributed by atoms with Crippen LogP contribution < -0.4 is 4.72 Å². The Morgan fingerprint density at radius 3 is 2.54 bits per heavy atom. The van der Waals surface area contributed by atoms with E-state index in [1.807, 2.05) is 55.6 Å². The molecule has 1 saturated heterocycles. The van der Waals surface area contributed by atoms with Crippen LogP contribution in [0.1, 0.15) is 36.0 Å². The quantitative estimate of drug-likeness (QED) is 0.244. The molecule has 8 nitrogen and oxygen atoms in total. The summed E-state index contributed by atoms with van der Waals surface area (Å²) in [6.07, 6.45) is 2.28. The van der Waals surface area contributed by atoms with Gasteiger partial charge in [-0.05, 0) is 42.4 Å². The normalized spacial score (nSPS) is 21.2. The van der Waals surface area contributed by atoms with E-state index in [1.165, 1.54) is 0 Å². The van der Waals surface area contributed by atoms with Gasteiger partial charge in [0.25, 0.3) is 10.0 Å². The molecule has 214 valence electrons. The fourth-order valence-corrected chi connectivity index (χ4v) is 6.41. The van der Waals surface area contributed by atoms with Crippen LogP contribution in [0.4, 0.5) is 5.69 Å². The second kappa shape index (κ2) is 12.5. The van der Waals surface area contributed by atoms with Crippen molar-refractivity contribution in [2.75, 3.05) is 24.9 Å². The van der Waals surface area contributed by atoms with Gasteiger partial charge in [-0.15, -0.1) is 6.58 Å². The molecule has 0 radical (unpaired) electrons. The number of hydrogen-bond donors (Lipinski definition) is 2. The summed E-state index contributed by atoms with van der Waals surface area (Å²) in [5.74, 6) is 0.0269. The van der Waals surface area contributed by atoms with Crippen molar-refractivity contribution < 1.29 is 23.0 Å². The van der Waals surface area contributed by atoms with Crippen LogP contribution in [-0.2, 0) is 26.1 Å². The minimum absolute atomic E-state index is 0.0269. The first-order valence-electron chi connectivity index (χ1n) is 13.6. The smallest absolute Gasteiger partial charge is 0.264 e. The standard InChI is InChI=1S/C32H35N3O5S/c1-4-18-35(3)20-28-22(2)31(25-15-13-23(21-36)14-16-25)40-32(39-28)26-9-5-11-27(19-26)34-41(37,38)29-12-6-8-24-10-7-17-33-30(24)29/h4-17,19,22,28,31-32,34,36H,1,18,20-21H2,2-3H3/t22-,28+,31+,32?/m0/s1. The molecule has 0 spiro atoms. The van der Waals surface area contributed by atoms with Gasteiger partial charge in [0.15, 0.2) is 6.29 Å². The summed E-state index contributed by atoms with van der Waals surface area (Å²) in [5, 5.41) is 10.2. The first kappa shape index (κ1) is 28.9. The summed E-state index contributed by atoms with van der Waals surface area (Å²) in [5.41, 5.74) is 3.31. The number of aliphatic hydroxyl groups excluding tert-OH is 1. The number of anilines is 1. The van der Waals surface area contributed by atoms with Crippen LogP contribution in [-0.4, -0.2) is 49.6 Å². The van der Waals surface area contributed by atoms with Crippen molar-refractivity contribution in [2.45, 2.75) is 36.9 Å². The van der Waals surface area contributed by atoms with Crippen molar-refractivity contribution in [1.82, 2.24) is 9.88 Å². The number of fused-ring (bicyclic) bond motifs is 1. The van der Waals surface area contributed by atoms with Crippen molar-refractivity contribution in [3.05, 3.63) is 114 Å². The van der Waals surface area contributed by atoms with E-state index in [0.717, 1.165) is 16.5 Å². The number of aromatic nitrogens is 1. The molecule has 2 heterocycles.